The van der Waals surface area contributed by atoms with Gasteiger partial charge in [-0.2, -0.15) is 13.2 Å². The van der Waals surface area contributed by atoms with Crippen LogP contribution in [0.5, 0.6) is 5.75 Å². The molecule has 1 heterocycles. The summed E-state index contributed by atoms with van der Waals surface area (Å²) in [6, 6.07) is 15.4. The number of nitrogens with one attached hydrogen (secondary N) is 1. The van der Waals surface area contributed by atoms with Crippen molar-refractivity contribution < 1.29 is 22.7 Å². The molecule has 1 N–H and O–H groups in total. The normalized spacial score (nSPS) is 14.5. The van der Waals surface area contributed by atoms with Crippen LogP contribution in [0, 0.1) is 0 Å². The van der Waals surface area contributed by atoms with Gasteiger partial charge in [0.2, 0.25) is 0 Å². The molecule has 1 amide bonds. The molecule has 0 atom stereocenters. The van der Waals surface area contributed by atoms with E-state index in [1.54, 1.807) is 42.5 Å². The minimum Gasteiger partial charge on any atom is -0.489 e. The molecule has 1 aliphatic heterocycles. The first-order valence-electron chi connectivity index (χ1n) is 9.12. The summed E-state index contributed by atoms with van der Waals surface area (Å²) < 4.78 is 44.4. The van der Waals surface area contributed by atoms with Crippen molar-refractivity contribution in [1.29, 1.82) is 0 Å². The number of halogens is 5. The number of fused-ring (bicyclic) bond motifs is 1. The summed E-state index contributed by atoms with van der Waals surface area (Å²) in [5, 5.41) is 3.40. The molecule has 0 radical (unpaired) electrons. The molecule has 0 saturated carbocycles. The van der Waals surface area contributed by atoms with Crippen molar-refractivity contribution in [3.8, 4) is 5.75 Å². The zero-order valence-electron chi connectivity index (χ0n) is 15.8. The summed E-state index contributed by atoms with van der Waals surface area (Å²) in [5.41, 5.74) is 1.63. The van der Waals surface area contributed by atoms with Gasteiger partial charge in [-0.25, -0.2) is 0 Å². The fourth-order valence-electron chi connectivity index (χ4n) is 3.14. The summed E-state index contributed by atoms with van der Waals surface area (Å²) in [5.74, 6) is 0.161. The number of hydrogen-bond acceptors (Lipinski definition) is 2. The van der Waals surface area contributed by atoms with Crippen molar-refractivity contribution >= 4 is 46.4 Å². The van der Waals surface area contributed by atoms with E-state index < -0.39 is 17.6 Å². The largest absolute Gasteiger partial charge is 0.489 e. The standard InChI is InChI=1S/C23H14Cl2F3NO2/c24-19-8-3-14(10-20(19)25)12-31-16-5-1-13(2-6-16)9-18-17-7-4-15(23(26,27)28)11-21(17)29-22(18)30/h1-11H,12H2,(H,29,30)/b18-9-. The van der Waals surface area contributed by atoms with Crippen molar-refractivity contribution in [2.45, 2.75) is 12.8 Å². The van der Waals surface area contributed by atoms with E-state index in [-0.39, 0.29) is 5.69 Å². The van der Waals surface area contributed by atoms with Crippen molar-refractivity contribution in [2.75, 3.05) is 5.32 Å². The summed E-state index contributed by atoms with van der Waals surface area (Å²) >= 11 is 11.9. The van der Waals surface area contributed by atoms with E-state index in [9.17, 15) is 18.0 Å². The van der Waals surface area contributed by atoms with E-state index in [0.717, 1.165) is 17.7 Å². The molecule has 8 heteroatoms. The SMILES string of the molecule is O=C1Nc2cc(C(F)(F)F)ccc2/C1=C/c1ccc(OCc2ccc(Cl)c(Cl)c2)cc1. The van der Waals surface area contributed by atoms with Crippen LogP contribution >= 0.6 is 23.2 Å². The third kappa shape index (κ3) is 4.70. The quantitative estimate of drug-likeness (QED) is 0.419. The molecule has 0 aliphatic carbocycles. The Balaban J connectivity index is 1.50. The molecule has 3 aromatic rings. The summed E-state index contributed by atoms with van der Waals surface area (Å²) in [6.07, 6.45) is -2.85. The zero-order valence-corrected chi connectivity index (χ0v) is 17.3. The van der Waals surface area contributed by atoms with Crippen LogP contribution in [0.3, 0.4) is 0 Å². The summed E-state index contributed by atoms with van der Waals surface area (Å²) in [6.45, 7) is 0.300. The Kier molecular flexibility index (Phi) is 5.69. The highest BCUT2D eigenvalue weighted by Crippen LogP contribution is 2.38. The molecule has 0 spiro atoms. The third-order valence-electron chi connectivity index (χ3n) is 4.71. The molecular formula is C23H14Cl2F3NO2. The predicted molar refractivity (Wildman–Crippen MR) is 115 cm³/mol. The zero-order chi connectivity index (χ0) is 22.2. The van der Waals surface area contributed by atoms with Gasteiger partial charge in [0.05, 0.1) is 15.6 Å². The van der Waals surface area contributed by atoms with Crippen molar-refractivity contribution in [2.24, 2.45) is 0 Å². The minimum absolute atomic E-state index is 0.146. The number of hydrogen-bond donors (Lipinski definition) is 1. The van der Waals surface area contributed by atoms with Gasteiger partial charge in [-0.15, -0.1) is 0 Å². The van der Waals surface area contributed by atoms with Crippen LogP contribution in [-0.4, -0.2) is 5.91 Å². The Morgan fingerprint density at radius 3 is 2.35 bits per heavy atom. The maximum atomic E-state index is 12.9. The Labute approximate surface area is 186 Å². The molecule has 1 aliphatic rings. The second-order valence-corrected chi connectivity index (χ2v) is 7.69. The highest BCUT2D eigenvalue weighted by molar-refractivity contribution is 6.42. The molecular weight excluding hydrogens is 450 g/mol. The summed E-state index contributed by atoms with van der Waals surface area (Å²) in [4.78, 5) is 12.3. The maximum Gasteiger partial charge on any atom is 0.416 e. The van der Waals surface area contributed by atoms with Gasteiger partial charge in [0.15, 0.2) is 0 Å². The Hall–Kier alpha value is -2.96. The van der Waals surface area contributed by atoms with Crippen LogP contribution < -0.4 is 10.1 Å². The molecule has 0 saturated heterocycles. The number of carbonyl (C=O) groups excluding carboxylic acids is 1. The van der Waals surface area contributed by atoms with Gasteiger partial charge in [-0.1, -0.05) is 47.5 Å². The lowest BCUT2D eigenvalue weighted by Gasteiger charge is -2.08. The lowest BCUT2D eigenvalue weighted by Crippen LogP contribution is -2.06. The first-order valence-corrected chi connectivity index (χ1v) is 9.88. The second kappa shape index (κ2) is 8.29. The number of anilines is 1. The van der Waals surface area contributed by atoms with Crippen LogP contribution in [0.2, 0.25) is 10.0 Å². The molecule has 4 rings (SSSR count). The molecule has 3 aromatic carbocycles. The van der Waals surface area contributed by atoms with Crippen LogP contribution in [-0.2, 0) is 17.6 Å². The van der Waals surface area contributed by atoms with E-state index in [1.807, 2.05) is 6.07 Å². The number of alkyl halides is 3. The number of amides is 1. The molecule has 0 aromatic heterocycles. The van der Waals surface area contributed by atoms with E-state index in [1.165, 1.54) is 6.07 Å². The molecule has 0 fully saturated rings. The average molecular weight is 464 g/mol. The third-order valence-corrected chi connectivity index (χ3v) is 5.45. The van der Waals surface area contributed by atoms with Gasteiger partial charge < -0.3 is 10.1 Å². The van der Waals surface area contributed by atoms with Gasteiger partial charge in [0, 0.05) is 16.8 Å². The van der Waals surface area contributed by atoms with E-state index in [4.69, 9.17) is 27.9 Å². The Bertz CT molecular complexity index is 1190. The molecule has 0 unspecified atom stereocenters. The predicted octanol–water partition coefficient (Wildman–Crippen LogP) is 7.08. The van der Waals surface area contributed by atoms with Crippen LogP contribution in [0.15, 0.2) is 60.7 Å². The van der Waals surface area contributed by atoms with Crippen LogP contribution in [0.25, 0.3) is 11.6 Å². The van der Waals surface area contributed by atoms with Crippen LogP contribution in [0.4, 0.5) is 18.9 Å². The van der Waals surface area contributed by atoms with Crippen LogP contribution in [0.1, 0.15) is 22.3 Å². The van der Waals surface area contributed by atoms with Crippen molar-refractivity contribution in [3.05, 3.63) is 93.0 Å². The fourth-order valence-corrected chi connectivity index (χ4v) is 3.46. The number of carbonyl (C=O) groups is 1. The minimum atomic E-state index is -4.47. The summed E-state index contributed by atoms with van der Waals surface area (Å²) in [7, 11) is 0. The van der Waals surface area contributed by atoms with E-state index in [0.29, 0.717) is 39.1 Å². The first kappa shape index (κ1) is 21.3. The second-order valence-electron chi connectivity index (χ2n) is 6.88. The molecule has 158 valence electrons. The number of rotatable bonds is 4. The fraction of sp³-hybridized carbons (Fsp3) is 0.0870. The number of benzene rings is 3. The van der Waals surface area contributed by atoms with Crippen molar-refractivity contribution in [1.82, 2.24) is 0 Å². The lowest BCUT2D eigenvalue weighted by atomic mass is 10.0. The average Bonchev–Trinajstić information content (AvgIpc) is 3.04. The maximum absolute atomic E-state index is 12.9. The Morgan fingerprint density at radius 1 is 0.935 bits per heavy atom. The van der Waals surface area contributed by atoms with Gasteiger partial charge >= 0.3 is 6.18 Å². The Morgan fingerprint density at radius 2 is 1.68 bits per heavy atom. The van der Waals surface area contributed by atoms with Gasteiger partial charge in [0.1, 0.15) is 12.4 Å². The molecule has 3 nitrogen and oxygen atoms in total. The highest BCUT2D eigenvalue weighted by atomic mass is 35.5. The topological polar surface area (TPSA) is 38.3 Å². The monoisotopic (exact) mass is 463 g/mol. The number of ether oxygens (including phenoxy) is 1. The van der Waals surface area contributed by atoms with E-state index in [2.05, 4.69) is 5.32 Å². The van der Waals surface area contributed by atoms with Crippen molar-refractivity contribution in [3.63, 3.8) is 0 Å². The van der Waals surface area contributed by atoms with Gasteiger partial charge in [-0.05, 0) is 53.6 Å². The smallest absolute Gasteiger partial charge is 0.416 e. The molecule has 31 heavy (non-hydrogen) atoms. The van der Waals surface area contributed by atoms with E-state index >= 15 is 0 Å². The first-order chi connectivity index (χ1) is 14.7. The highest BCUT2D eigenvalue weighted by Gasteiger charge is 2.33. The lowest BCUT2D eigenvalue weighted by molar-refractivity contribution is -0.137. The molecule has 0 bridgehead atoms. The van der Waals surface area contributed by atoms with Gasteiger partial charge in [-0.3, -0.25) is 4.79 Å². The van der Waals surface area contributed by atoms with Gasteiger partial charge in [0.25, 0.3) is 5.91 Å².